The first-order valence-electron chi connectivity index (χ1n) is 4.67. The number of rotatable bonds is 3. The maximum Gasteiger partial charge on any atom is 0.185 e. The highest BCUT2D eigenvalue weighted by Gasteiger charge is 1.98. The largest absolute Gasteiger partial charge is 0.289 e. The van der Waals surface area contributed by atoms with Crippen molar-refractivity contribution in [3.63, 3.8) is 0 Å². The minimum absolute atomic E-state index is 0.0454. The third-order valence-corrected chi connectivity index (χ3v) is 2.84. The molecule has 74 valence electrons. The van der Waals surface area contributed by atoms with Gasteiger partial charge < -0.3 is 0 Å². The predicted molar refractivity (Wildman–Crippen MR) is 64.1 cm³/mol. The number of thiophene rings is 1. The second-order valence-electron chi connectivity index (χ2n) is 3.08. The molecule has 15 heavy (non-hydrogen) atoms. The maximum atomic E-state index is 11.7. The summed E-state index contributed by atoms with van der Waals surface area (Å²) in [6, 6.07) is 13.2. The summed E-state index contributed by atoms with van der Waals surface area (Å²) in [4.78, 5) is 12.8. The van der Waals surface area contributed by atoms with Gasteiger partial charge in [-0.2, -0.15) is 0 Å². The molecule has 0 fully saturated rings. The van der Waals surface area contributed by atoms with Crippen LogP contribution in [0.25, 0.3) is 6.08 Å². The Balaban J connectivity index is 2.11. The average Bonchev–Trinajstić information content (AvgIpc) is 2.80. The summed E-state index contributed by atoms with van der Waals surface area (Å²) >= 11 is 1.62. The lowest BCUT2D eigenvalue weighted by Crippen LogP contribution is -1.92. The van der Waals surface area contributed by atoms with Gasteiger partial charge in [0.1, 0.15) is 0 Å². The summed E-state index contributed by atoms with van der Waals surface area (Å²) in [5, 5.41) is 1.99. The molecule has 0 saturated carbocycles. The number of benzene rings is 1. The van der Waals surface area contributed by atoms with E-state index in [0.717, 1.165) is 10.4 Å². The third kappa shape index (κ3) is 2.64. The molecule has 0 N–H and O–H groups in total. The van der Waals surface area contributed by atoms with Gasteiger partial charge in [0.25, 0.3) is 0 Å². The van der Waals surface area contributed by atoms with E-state index in [1.165, 1.54) is 0 Å². The first kappa shape index (κ1) is 9.87. The molecule has 2 rings (SSSR count). The Morgan fingerprint density at radius 2 is 1.87 bits per heavy atom. The van der Waals surface area contributed by atoms with Crippen LogP contribution in [0.5, 0.6) is 0 Å². The van der Waals surface area contributed by atoms with Crippen LogP contribution in [0.4, 0.5) is 0 Å². The standard InChI is InChI=1S/C13H10OS/c14-13(11-5-2-1-3-6-11)9-8-12-7-4-10-15-12/h1-10H/b9-8-. The van der Waals surface area contributed by atoms with E-state index in [1.807, 2.05) is 53.9 Å². The molecule has 2 aromatic rings. The summed E-state index contributed by atoms with van der Waals surface area (Å²) in [7, 11) is 0. The molecular weight excluding hydrogens is 204 g/mol. The van der Waals surface area contributed by atoms with Crippen molar-refractivity contribution in [2.75, 3.05) is 0 Å². The number of hydrogen-bond donors (Lipinski definition) is 0. The second-order valence-corrected chi connectivity index (χ2v) is 4.06. The highest BCUT2D eigenvalue weighted by Crippen LogP contribution is 2.11. The van der Waals surface area contributed by atoms with Crippen LogP contribution < -0.4 is 0 Å². The zero-order valence-electron chi connectivity index (χ0n) is 8.09. The Morgan fingerprint density at radius 1 is 1.07 bits per heavy atom. The zero-order chi connectivity index (χ0) is 10.5. The quantitative estimate of drug-likeness (QED) is 0.563. The first-order chi connectivity index (χ1) is 7.36. The molecule has 1 aromatic heterocycles. The van der Waals surface area contributed by atoms with Crippen LogP contribution in [-0.4, -0.2) is 5.78 Å². The highest BCUT2D eigenvalue weighted by atomic mass is 32.1. The number of carbonyl (C=O) groups excluding carboxylic acids is 1. The second kappa shape index (κ2) is 4.71. The summed E-state index contributed by atoms with van der Waals surface area (Å²) < 4.78 is 0. The molecule has 0 spiro atoms. The van der Waals surface area contributed by atoms with Crippen LogP contribution in [0.3, 0.4) is 0 Å². The molecule has 2 heteroatoms. The van der Waals surface area contributed by atoms with E-state index in [-0.39, 0.29) is 5.78 Å². The van der Waals surface area contributed by atoms with Crippen LogP contribution >= 0.6 is 11.3 Å². The van der Waals surface area contributed by atoms with E-state index in [0.29, 0.717) is 0 Å². The van der Waals surface area contributed by atoms with Gasteiger partial charge in [0.05, 0.1) is 0 Å². The maximum absolute atomic E-state index is 11.7. The van der Waals surface area contributed by atoms with E-state index in [4.69, 9.17) is 0 Å². The van der Waals surface area contributed by atoms with Gasteiger partial charge in [0, 0.05) is 10.4 Å². The molecule has 1 heterocycles. The van der Waals surface area contributed by atoms with Gasteiger partial charge in [0.15, 0.2) is 5.78 Å². The molecule has 0 bridgehead atoms. The van der Waals surface area contributed by atoms with Gasteiger partial charge in [-0.05, 0) is 23.6 Å². The van der Waals surface area contributed by atoms with Crippen molar-refractivity contribution in [1.29, 1.82) is 0 Å². The van der Waals surface area contributed by atoms with Crippen LogP contribution in [-0.2, 0) is 0 Å². The molecule has 0 atom stereocenters. The molecule has 0 unspecified atom stereocenters. The average molecular weight is 214 g/mol. The molecule has 0 aliphatic rings. The molecule has 1 nitrogen and oxygen atoms in total. The summed E-state index contributed by atoms with van der Waals surface area (Å²) in [6.07, 6.45) is 3.46. The van der Waals surface area contributed by atoms with Gasteiger partial charge >= 0.3 is 0 Å². The van der Waals surface area contributed by atoms with E-state index in [2.05, 4.69) is 0 Å². The van der Waals surface area contributed by atoms with Crippen molar-refractivity contribution in [3.05, 3.63) is 64.4 Å². The minimum Gasteiger partial charge on any atom is -0.289 e. The highest BCUT2D eigenvalue weighted by molar-refractivity contribution is 7.10. The molecular formula is C13H10OS. The van der Waals surface area contributed by atoms with Crippen molar-refractivity contribution in [1.82, 2.24) is 0 Å². The van der Waals surface area contributed by atoms with Crippen LogP contribution in [0, 0.1) is 0 Å². The van der Waals surface area contributed by atoms with Gasteiger partial charge in [-0.1, -0.05) is 36.4 Å². The van der Waals surface area contributed by atoms with E-state index >= 15 is 0 Å². The normalized spacial score (nSPS) is 10.7. The van der Waals surface area contributed by atoms with Crippen LogP contribution in [0.2, 0.25) is 0 Å². The summed E-state index contributed by atoms with van der Waals surface area (Å²) in [5.41, 5.74) is 0.727. The summed E-state index contributed by atoms with van der Waals surface area (Å²) in [5.74, 6) is 0.0454. The van der Waals surface area contributed by atoms with E-state index in [1.54, 1.807) is 17.4 Å². The monoisotopic (exact) mass is 214 g/mol. The zero-order valence-corrected chi connectivity index (χ0v) is 8.91. The lowest BCUT2D eigenvalue weighted by atomic mass is 10.1. The first-order valence-corrected chi connectivity index (χ1v) is 5.55. The van der Waals surface area contributed by atoms with Crippen molar-refractivity contribution >= 4 is 23.2 Å². The fourth-order valence-electron chi connectivity index (χ4n) is 1.24. The molecule has 0 amide bonds. The number of allylic oxidation sites excluding steroid dienone is 1. The van der Waals surface area contributed by atoms with Gasteiger partial charge in [-0.3, -0.25) is 4.79 Å². The van der Waals surface area contributed by atoms with Gasteiger partial charge in [-0.15, -0.1) is 11.3 Å². The fraction of sp³-hybridized carbons (Fsp3) is 0. The molecule has 0 radical (unpaired) electrons. The number of carbonyl (C=O) groups is 1. The molecule has 0 aliphatic carbocycles. The van der Waals surface area contributed by atoms with Crippen molar-refractivity contribution in [3.8, 4) is 0 Å². The van der Waals surface area contributed by atoms with E-state index < -0.39 is 0 Å². The van der Waals surface area contributed by atoms with Crippen molar-refractivity contribution in [2.24, 2.45) is 0 Å². The van der Waals surface area contributed by atoms with E-state index in [9.17, 15) is 4.79 Å². The minimum atomic E-state index is 0.0454. The Bertz CT molecular complexity index is 455. The van der Waals surface area contributed by atoms with Crippen molar-refractivity contribution in [2.45, 2.75) is 0 Å². The summed E-state index contributed by atoms with van der Waals surface area (Å²) in [6.45, 7) is 0. The number of ketones is 1. The van der Waals surface area contributed by atoms with Gasteiger partial charge in [0.2, 0.25) is 0 Å². The Kier molecular flexibility index (Phi) is 3.10. The number of hydrogen-bond acceptors (Lipinski definition) is 2. The molecule has 1 aromatic carbocycles. The van der Waals surface area contributed by atoms with Crippen LogP contribution in [0.15, 0.2) is 53.9 Å². The Labute approximate surface area is 92.7 Å². The molecule has 0 aliphatic heterocycles. The smallest absolute Gasteiger partial charge is 0.185 e. The van der Waals surface area contributed by atoms with Crippen LogP contribution in [0.1, 0.15) is 15.2 Å². The SMILES string of the molecule is O=C(/C=C\c1cccs1)c1ccccc1. The Hall–Kier alpha value is -1.67. The topological polar surface area (TPSA) is 17.1 Å². The Morgan fingerprint density at radius 3 is 2.53 bits per heavy atom. The molecule has 0 saturated heterocycles. The fourth-order valence-corrected chi connectivity index (χ4v) is 1.86. The van der Waals surface area contributed by atoms with Crippen molar-refractivity contribution < 1.29 is 4.79 Å². The lowest BCUT2D eigenvalue weighted by molar-refractivity contribution is 0.104. The lowest BCUT2D eigenvalue weighted by Gasteiger charge is -1.92. The third-order valence-electron chi connectivity index (χ3n) is 2.00. The van der Waals surface area contributed by atoms with Gasteiger partial charge in [-0.25, -0.2) is 0 Å². The predicted octanol–water partition coefficient (Wildman–Crippen LogP) is 3.64.